The molecule has 4 nitrogen and oxygen atoms in total. The Bertz CT molecular complexity index is 453. The van der Waals surface area contributed by atoms with Crippen LogP contribution in [-0.2, 0) is 6.54 Å². The van der Waals surface area contributed by atoms with E-state index in [1.807, 2.05) is 25.1 Å². The van der Waals surface area contributed by atoms with E-state index in [1.165, 1.54) is 0 Å². The Hall–Kier alpha value is -1.81. The van der Waals surface area contributed by atoms with Gasteiger partial charge in [-0.2, -0.15) is 0 Å². The summed E-state index contributed by atoms with van der Waals surface area (Å²) >= 11 is 0. The van der Waals surface area contributed by atoms with Gasteiger partial charge in [0.25, 0.3) is 0 Å². The maximum absolute atomic E-state index is 5.54. The van der Waals surface area contributed by atoms with Crippen molar-refractivity contribution in [3.63, 3.8) is 0 Å². The van der Waals surface area contributed by atoms with E-state index in [1.54, 1.807) is 12.4 Å². The largest absolute Gasteiger partial charge is 0.326 e. The van der Waals surface area contributed by atoms with Crippen LogP contribution in [0.15, 0.2) is 30.6 Å². The fourth-order valence-corrected chi connectivity index (χ4v) is 1.31. The van der Waals surface area contributed by atoms with Crippen molar-refractivity contribution in [2.45, 2.75) is 13.5 Å². The van der Waals surface area contributed by atoms with Gasteiger partial charge in [-0.3, -0.25) is 4.98 Å². The summed E-state index contributed by atoms with van der Waals surface area (Å²) in [6.45, 7) is 2.39. The van der Waals surface area contributed by atoms with Gasteiger partial charge in [0.1, 0.15) is 5.69 Å². The van der Waals surface area contributed by atoms with E-state index < -0.39 is 0 Å². The third kappa shape index (κ3) is 1.99. The summed E-state index contributed by atoms with van der Waals surface area (Å²) in [7, 11) is 0. The SMILES string of the molecule is Cc1nc(-c2ccccn2)ncc1CN. The zero-order valence-electron chi connectivity index (χ0n) is 8.51. The van der Waals surface area contributed by atoms with Gasteiger partial charge in [0, 0.05) is 30.2 Å². The molecular formula is C11H12N4. The van der Waals surface area contributed by atoms with Crippen LogP contribution in [0, 0.1) is 6.92 Å². The lowest BCUT2D eigenvalue weighted by atomic mass is 10.2. The number of nitrogens with two attached hydrogens (primary N) is 1. The Kier molecular flexibility index (Phi) is 2.69. The number of aryl methyl sites for hydroxylation is 1. The molecule has 0 saturated carbocycles. The van der Waals surface area contributed by atoms with Crippen molar-refractivity contribution in [3.8, 4) is 11.5 Å². The minimum Gasteiger partial charge on any atom is -0.326 e. The summed E-state index contributed by atoms with van der Waals surface area (Å²) in [6.07, 6.45) is 3.48. The molecule has 76 valence electrons. The Morgan fingerprint density at radius 1 is 1.27 bits per heavy atom. The number of hydrogen-bond donors (Lipinski definition) is 1. The molecule has 15 heavy (non-hydrogen) atoms. The average molecular weight is 200 g/mol. The molecule has 0 fully saturated rings. The van der Waals surface area contributed by atoms with Crippen LogP contribution in [0.2, 0.25) is 0 Å². The maximum atomic E-state index is 5.54. The molecule has 0 amide bonds. The van der Waals surface area contributed by atoms with Gasteiger partial charge in [0.05, 0.1) is 0 Å². The van der Waals surface area contributed by atoms with Crippen LogP contribution < -0.4 is 5.73 Å². The van der Waals surface area contributed by atoms with Crippen molar-refractivity contribution in [2.24, 2.45) is 5.73 Å². The topological polar surface area (TPSA) is 64.7 Å². The van der Waals surface area contributed by atoms with Crippen molar-refractivity contribution in [3.05, 3.63) is 41.9 Å². The van der Waals surface area contributed by atoms with Gasteiger partial charge >= 0.3 is 0 Å². The monoisotopic (exact) mass is 200 g/mol. The van der Waals surface area contributed by atoms with Gasteiger partial charge in [0.15, 0.2) is 5.82 Å². The Labute approximate surface area is 88.2 Å². The molecule has 4 heteroatoms. The van der Waals surface area contributed by atoms with Crippen molar-refractivity contribution >= 4 is 0 Å². The normalized spacial score (nSPS) is 10.3. The molecule has 0 saturated heterocycles. The molecule has 2 heterocycles. The summed E-state index contributed by atoms with van der Waals surface area (Å²) in [5.41, 5.74) is 8.20. The van der Waals surface area contributed by atoms with Gasteiger partial charge in [0.2, 0.25) is 0 Å². The van der Waals surface area contributed by atoms with Crippen LogP contribution in [0.3, 0.4) is 0 Å². The molecular weight excluding hydrogens is 188 g/mol. The third-order valence-electron chi connectivity index (χ3n) is 2.19. The third-order valence-corrected chi connectivity index (χ3v) is 2.19. The van der Waals surface area contributed by atoms with E-state index in [4.69, 9.17) is 5.73 Å². The van der Waals surface area contributed by atoms with Gasteiger partial charge in [-0.25, -0.2) is 9.97 Å². The highest BCUT2D eigenvalue weighted by atomic mass is 14.9. The lowest BCUT2D eigenvalue weighted by Gasteiger charge is -2.03. The number of nitrogens with zero attached hydrogens (tertiary/aromatic N) is 3. The highest BCUT2D eigenvalue weighted by Gasteiger charge is 2.04. The predicted octanol–water partition coefficient (Wildman–Crippen LogP) is 1.31. The van der Waals surface area contributed by atoms with E-state index in [0.717, 1.165) is 17.0 Å². The predicted molar refractivity (Wildman–Crippen MR) is 57.9 cm³/mol. The van der Waals surface area contributed by atoms with Crippen LogP contribution in [0.25, 0.3) is 11.5 Å². The first kappa shape index (κ1) is 9.73. The summed E-state index contributed by atoms with van der Waals surface area (Å²) < 4.78 is 0. The van der Waals surface area contributed by atoms with Gasteiger partial charge in [-0.05, 0) is 19.1 Å². The minimum absolute atomic E-state index is 0.467. The fraction of sp³-hybridized carbons (Fsp3) is 0.182. The van der Waals surface area contributed by atoms with E-state index >= 15 is 0 Å². The Morgan fingerprint density at radius 3 is 2.73 bits per heavy atom. The van der Waals surface area contributed by atoms with Crippen molar-refractivity contribution in [1.82, 2.24) is 15.0 Å². The summed E-state index contributed by atoms with van der Waals surface area (Å²) in [4.78, 5) is 12.8. The number of rotatable bonds is 2. The van der Waals surface area contributed by atoms with E-state index in [2.05, 4.69) is 15.0 Å². The summed E-state index contributed by atoms with van der Waals surface area (Å²) in [5, 5.41) is 0. The first-order valence-electron chi connectivity index (χ1n) is 4.75. The Balaban J connectivity index is 2.43. The molecule has 2 aromatic rings. The fourth-order valence-electron chi connectivity index (χ4n) is 1.31. The molecule has 0 aliphatic rings. The zero-order valence-corrected chi connectivity index (χ0v) is 8.51. The first-order chi connectivity index (χ1) is 7.31. The first-order valence-corrected chi connectivity index (χ1v) is 4.75. The van der Waals surface area contributed by atoms with Gasteiger partial charge in [-0.15, -0.1) is 0 Å². The molecule has 0 aliphatic carbocycles. The van der Waals surface area contributed by atoms with Gasteiger partial charge in [-0.1, -0.05) is 6.07 Å². The molecule has 0 aromatic carbocycles. The zero-order chi connectivity index (χ0) is 10.7. The maximum Gasteiger partial charge on any atom is 0.178 e. The molecule has 0 atom stereocenters. The van der Waals surface area contributed by atoms with Crippen molar-refractivity contribution < 1.29 is 0 Å². The second kappa shape index (κ2) is 4.14. The minimum atomic E-state index is 0.467. The average Bonchev–Trinajstić information content (AvgIpc) is 2.30. The second-order valence-corrected chi connectivity index (χ2v) is 3.22. The highest BCUT2D eigenvalue weighted by Crippen LogP contribution is 2.12. The van der Waals surface area contributed by atoms with E-state index in [-0.39, 0.29) is 0 Å². The molecule has 0 bridgehead atoms. The van der Waals surface area contributed by atoms with Crippen LogP contribution in [0.5, 0.6) is 0 Å². The molecule has 2 aromatic heterocycles. The summed E-state index contributed by atoms with van der Waals surface area (Å²) in [5.74, 6) is 0.644. The van der Waals surface area contributed by atoms with Crippen LogP contribution >= 0.6 is 0 Å². The lowest BCUT2D eigenvalue weighted by Crippen LogP contribution is -2.03. The quantitative estimate of drug-likeness (QED) is 0.793. The smallest absolute Gasteiger partial charge is 0.178 e. The summed E-state index contributed by atoms with van der Waals surface area (Å²) in [6, 6.07) is 5.67. The Morgan fingerprint density at radius 2 is 2.13 bits per heavy atom. The lowest BCUT2D eigenvalue weighted by molar-refractivity contribution is 0.968. The molecule has 2 rings (SSSR count). The second-order valence-electron chi connectivity index (χ2n) is 3.22. The van der Waals surface area contributed by atoms with Crippen LogP contribution in [0.1, 0.15) is 11.3 Å². The molecule has 0 radical (unpaired) electrons. The van der Waals surface area contributed by atoms with Crippen LogP contribution in [-0.4, -0.2) is 15.0 Å². The van der Waals surface area contributed by atoms with Gasteiger partial charge < -0.3 is 5.73 Å². The standard InChI is InChI=1S/C11H12N4/c1-8-9(6-12)7-14-11(15-8)10-4-2-3-5-13-10/h2-5,7H,6,12H2,1H3. The van der Waals surface area contributed by atoms with Crippen LogP contribution in [0.4, 0.5) is 0 Å². The number of hydrogen-bond acceptors (Lipinski definition) is 4. The highest BCUT2D eigenvalue weighted by molar-refractivity contribution is 5.48. The molecule has 0 aliphatic heterocycles. The van der Waals surface area contributed by atoms with Crippen molar-refractivity contribution in [1.29, 1.82) is 0 Å². The van der Waals surface area contributed by atoms with E-state index in [9.17, 15) is 0 Å². The number of pyridine rings is 1. The van der Waals surface area contributed by atoms with Crippen molar-refractivity contribution in [2.75, 3.05) is 0 Å². The van der Waals surface area contributed by atoms with E-state index in [0.29, 0.717) is 12.4 Å². The number of aromatic nitrogens is 3. The molecule has 0 unspecified atom stereocenters. The molecule has 0 spiro atoms. The molecule has 2 N–H and O–H groups in total.